The number of amides is 1. The highest BCUT2D eigenvalue weighted by molar-refractivity contribution is 5.94. The maximum absolute atomic E-state index is 12.6. The first-order valence-corrected chi connectivity index (χ1v) is 10.5. The van der Waals surface area contributed by atoms with E-state index in [4.69, 9.17) is 4.74 Å². The van der Waals surface area contributed by atoms with Gasteiger partial charge in [-0.15, -0.1) is 0 Å². The van der Waals surface area contributed by atoms with Gasteiger partial charge in [-0.25, -0.2) is 0 Å². The minimum Gasteiger partial charge on any atom is -0.490 e. The largest absolute Gasteiger partial charge is 0.490 e. The normalized spacial score (nSPS) is 19.3. The summed E-state index contributed by atoms with van der Waals surface area (Å²) in [5.41, 5.74) is 1.79. The van der Waals surface area contributed by atoms with Crippen molar-refractivity contribution in [3.63, 3.8) is 0 Å². The number of likely N-dealkylation sites (tertiary alicyclic amines) is 2. The summed E-state index contributed by atoms with van der Waals surface area (Å²) in [7, 11) is 0. The lowest BCUT2D eigenvalue weighted by atomic mass is 10.1. The number of aliphatic hydroxyl groups excluding tert-OH is 1. The van der Waals surface area contributed by atoms with Crippen molar-refractivity contribution in [2.24, 2.45) is 0 Å². The molecule has 4 rings (SSSR count). The van der Waals surface area contributed by atoms with E-state index < -0.39 is 0 Å². The minimum absolute atomic E-state index is 0.0336. The van der Waals surface area contributed by atoms with Crippen LogP contribution in [0.25, 0.3) is 0 Å². The highest BCUT2D eigenvalue weighted by Crippen LogP contribution is 2.21. The van der Waals surface area contributed by atoms with Gasteiger partial charge in [-0.1, -0.05) is 6.07 Å². The molecule has 0 spiro atoms. The molecule has 0 unspecified atom stereocenters. The van der Waals surface area contributed by atoms with Crippen LogP contribution in [0.4, 0.5) is 0 Å². The van der Waals surface area contributed by atoms with Gasteiger partial charge in [0.2, 0.25) is 0 Å². The van der Waals surface area contributed by atoms with Gasteiger partial charge in [0.1, 0.15) is 11.9 Å². The Bertz CT molecular complexity index is 781. The Kier molecular flexibility index (Phi) is 6.42. The molecular weight excluding hydrogens is 366 g/mol. The van der Waals surface area contributed by atoms with E-state index in [1.165, 1.54) is 0 Å². The SMILES string of the molecule is O=C(c1ccc(OC2CCN(Cc3ccccn3)CC2)cc1)N1CCC(O)CC1. The molecule has 6 heteroatoms. The van der Waals surface area contributed by atoms with E-state index in [0.29, 0.717) is 31.5 Å². The molecule has 1 aromatic carbocycles. The Morgan fingerprint density at radius 2 is 1.72 bits per heavy atom. The summed E-state index contributed by atoms with van der Waals surface area (Å²) >= 11 is 0. The third-order valence-corrected chi connectivity index (χ3v) is 5.80. The fourth-order valence-electron chi connectivity index (χ4n) is 4.03. The Hall–Kier alpha value is -2.44. The second-order valence-corrected chi connectivity index (χ2v) is 7.96. The van der Waals surface area contributed by atoms with E-state index in [-0.39, 0.29) is 18.1 Å². The number of aromatic nitrogens is 1. The summed E-state index contributed by atoms with van der Waals surface area (Å²) in [6.07, 6.45) is 5.07. The minimum atomic E-state index is -0.273. The van der Waals surface area contributed by atoms with E-state index >= 15 is 0 Å². The van der Waals surface area contributed by atoms with Crippen molar-refractivity contribution < 1.29 is 14.6 Å². The number of nitrogens with zero attached hydrogens (tertiary/aromatic N) is 3. The second-order valence-electron chi connectivity index (χ2n) is 7.96. The molecule has 29 heavy (non-hydrogen) atoms. The zero-order valence-corrected chi connectivity index (χ0v) is 16.7. The molecule has 2 aromatic rings. The number of carbonyl (C=O) groups excluding carboxylic acids is 1. The van der Waals surface area contributed by atoms with Gasteiger partial charge in [-0.2, -0.15) is 0 Å². The molecule has 6 nitrogen and oxygen atoms in total. The summed E-state index contributed by atoms with van der Waals surface area (Å²) in [6.45, 7) is 4.12. The zero-order valence-electron chi connectivity index (χ0n) is 16.7. The van der Waals surface area contributed by atoms with Gasteiger partial charge in [0.15, 0.2) is 0 Å². The number of hydrogen-bond donors (Lipinski definition) is 1. The van der Waals surface area contributed by atoms with Crippen LogP contribution in [0.15, 0.2) is 48.7 Å². The molecule has 2 aliphatic heterocycles. The van der Waals surface area contributed by atoms with Gasteiger partial charge in [0.05, 0.1) is 11.8 Å². The molecule has 0 bridgehead atoms. The molecule has 0 saturated carbocycles. The highest BCUT2D eigenvalue weighted by atomic mass is 16.5. The lowest BCUT2D eigenvalue weighted by Gasteiger charge is -2.32. The molecule has 0 radical (unpaired) electrons. The molecule has 1 aromatic heterocycles. The maximum atomic E-state index is 12.6. The van der Waals surface area contributed by atoms with Gasteiger partial charge in [-0.05, 0) is 62.1 Å². The molecule has 1 amide bonds. The Morgan fingerprint density at radius 1 is 1.00 bits per heavy atom. The van der Waals surface area contributed by atoms with Gasteiger partial charge in [0, 0.05) is 44.5 Å². The van der Waals surface area contributed by atoms with Crippen LogP contribution in [0.5, 0.6) is 5.75 Å². The van der Waals surface area contributed by atoms with E-state index in [2.05, 4.69) is 16.0 Å². The average Bonchev–Trinajstić information content (AvgIpc) is 2.76. The summed E-state index contributed by atoms with van der Waals surface area (Å²) in [5, 5.41) is 9.60. The quantitative estimate of drug-likeness (QED) is 0.843. The first-order chi connectivity index (χ1) is 14.2. The number of rotatable bonds is 5. The Labute approximate surface area is 172 Å². The zero-order chi connectivity index (χ0) is 20.1. The fourth-order valence-corrected chi connectivity index (χ4v) is 4.03. The number of ether oxygens (including phenoxy) is 1. The van der Waals surface area contributed by atoms with E-state index in [1.807, 2.05) is 47.5 Å². The standard InChI is InChI=1S/C23H29N3O3/c27-20-8-15-26(16-9-20)23(28)18-4-6-21(7-5-18)29-22-10-13-25(14-11-22)17-19-3-1-2-12-24-19/h1-7,12,20,22,27H,8-11,13-17H2. The molecular formula is C23H29N3O3. The number of hydrogen-bond acceptors (Lipinski definition) is 5. The van der Waals surface area contributed by atoms with Crippen LogP contribution in [0.2, 0.25) is 0 Å². The third kappa shape index (κ3) is 5.34. The molecule has 2 saturated heterocycles. The lowest BCUT2D eigenvalue weighted by molar-refractivity contribution is 0.0546. The summed E-state index contributed by atoms with van der Waals surface area (Å²) in [5.74, 6) is 0.852. The van der Waals surface area contributed by atoms with Crippen molar-refractivity contribution in [1.29, 1.82) is 0 Å². The monoisotopic (exact) mass is 395 g/mol. The van der Waals surface area contributed by atoms with Gasteiger partial charge >= 0.3 is 0 Å². The third-order valence-electron chi connectivity index (χ3n) is 5.80. The first kappa shape index (κ1) is 19.9. The second kappa shape index (κ2) is 9.37. The van der Waals surface area contributed by atoms with Gasteiger partial charge in [-0.3, -0.25) is 14.7 Å². The summed E-state index contributed by atoms with van der Waals surface area (Å²) < 4.78 is 6.15. The van der Waals surface area contributed by atoms with Crippen molar-refractivity contribution in [3.8, 4) is 5.75 Å². The van der Waals surface area contributed by atoms with E-state index in [1.54, 1.807) is 0 Å². The number of benzene rings is 1. The van der Waals surface area contributed by atoms with Gasteiger partial charge in [0.25, 0.3) is 5.91 Å². The van der Waals surface area contributed by atoms with E-state index in [0.717, 1.165) is 43.9 Å². The van der Waals surface area contributed by atoms with Crippen LogP contribution in [0.3, 0.4) is 0 Å². The molecule has 0 atom stereocenters. The highest BCUT2D eigenvalue weighted by Gasteiger charge is 2.23. The summed E-state index contributed by atoms with van der Waals surface area (Å²) in [6, 6.07) is 13.5. The number of carbonyl (C=O) groups is 1. The molecule has 3 heterocycles. The summed E-state index contributed by atoms with van der Waals surface area (Å²) in [4.78, 5) is 21.2. The van der Waals surface area contributed by atoms with Crippen molar-refractivity contribution in [1.82, 2.24) is 14.8 Å². The Balaban J connectivity index is 1.25. The van der Waals surface area contributed by atoms with E-state index in [9.17, 15) is 9.90 Å². The maximum Gasteiger partial charge on any atom is 0.253 e. The average molecular weight is 396 g/mol. The topological polar surface area (TPSA) is 65.9 Å². The first-order valence-electron chi connectivity index (χ1n) is 10.5. The van der Waals surface area contributed by atoms with Crippen LogP contribution in [0, 0.1) is 0 Å². The Morgan fingerprint density at radius 3 is 2.38 bits per heavy atom. The molecule has 0 aliphatic carbocycles. The van der Waals surface area contributed by atoms with Crippen LogP contribution >= 0.6 is 0 Å². The van der Waals surface area contributed by atoms with Crippen molar-refractivity contribution >= 4 is 5.91 Å². The van der Waals surface area contributed by atoms with Crippen LogP contribution in [-0.2, 0) is 6.54 Å². The molecule has 2 fully saturated rings. The molecule has 2 aliphatic rings. The van der Waals surface area contributed by atoms with Crippen molar-refractivity contribution in [2.75, 3.05) is 26.2 Å². The van der Waals surface area contributed by atoms with Crippen LogP contribution in [0.1, 0.15) is 41.7 Å². The number of piperidine rings is 2. The van der Waals surface area contributed by atoms with Crippen molar-refractivity contribution in [3.05, 3.63) is 59.9 Å². The molecule has 1 N–H and O–H groups in total. The fraction of sp³-hybridized carbons (Fsp3) is 0.478. The lowest BCUT2D eigenvalue weighted by Crippen LogP contribution is -2.40. The number of aliphatic hydroxyl groups is 1. The smallest absolute Gasteiger partial charge is 0.253 e. The van der Waals surface area contributed by atoms with Gasteiger partial charge < -0.3 is 14.7 Å². The number of pyridine rings is 1. The predicted molar refractivity (Wildman–Crippen MR) is 111 cm³/mol. The molecule has 154 valence electrons. The predicted octanol–water partition coefficient (Wildman–Crippen LogP) is 2.72. The van der Waals surface area contributed by atoms with Crippen molar-refractivity contribution in [2.45, 2.75) is 44.4 Å². The van der Waals surface area contributed by atoms with Crippen LogP contribution < -0.4 is 4.74 Å². The van der Waals surface area contributed by atoms with Crippen LogP contribution in [-0.4, -0.2) is 64.2 Å².